The van der Waals surface area contributed by atoms with Crippen molar-refractivity contribution in [2.45, 2.75) is 6.42 Å². The molecular weight excluding hydrogens is 242 g/mol. The van der Waals surface area contributed by atoms with E-state index in [0.717, 1.165) is 17.8 Å². The second kappa shape index (κ2) is 5.62. The molecule has 1 aromatic heterocycles. The van der Waals surface area contributed by atoms with E-state index in [1.165, 1.54) is 16.7 Å². The Hall–Kier alpha value is -2.54. The highest BCUT2D eigenvalue weighted by Crippen LogP contribution is 2.24. The number of nitrogens with one attached hydrogen (secondary N) is 1. The number of aromatic amines is 1. The number of rotatable bonds is 4. The van der Waals surface area contributed by atoms with Gasteiger partial charge in [-0.2, -0.15) is 0 Å². The summed E-state index contributed by atoms with van der Waals surface area (Å²) in [5.74, 6) is 0. The van der Waals surface area contributed by atoms with Crippen LogP contribution >= 0.6 is 0 Å². The maximum absolute atomic E-state index is 3.91. The van der Waals surface area contributed by atoms with Gasteiger partial charge in [-0.05, 0) is 35.3 Å². The fraction of sp³-hybridized carbons (Fsp3) is 0.0526. The van der Waals surface area contributed by atoms with Crippen molar-refractivity contribution in [1.29, 1.82) is 0 Å². The molecule has 0 bridgehead atoms. The van der Waals surface area contributed by atoms with Gasteiger partial charge in [0, 0.05) is 11.4 Å². The molecule has 1 heterocycles. The number of hydrogen-bond acceptors (Lipinski definition) is 0. The van der Waals surface area contributed by atoms with Gasteiger partial charge in [0.2, 0.25) is 0 Å². The third-order valence-corrected chi connectivity index (χ3v) is 3.46. The summed E-state index contributed by atoms with van der Waals surface area (Å²) in [5, 5.41) is 0. The average Bonchev–Trinajstić information content (AvgIpc) is 2.92. The van der Waals surface area contributed by atoms with Crippen LogP contribution in [0.25, 0.3) is 17.3 Å². The van der Waals surface area contributed by atoms with Gasteiger partial charge < -0.3 is 4.98 Å². The summed E-state index contributed by atoms with van der Waals surface area (Å²) < 4.78 is 0. The highest BCUT2D eigenvalue weighted by Gasteiger charge is 2.07. The van der Waals surface area contributed by atoms with Crippen LogP contribution in [0.3, 0.4) is 0 Å². The summed E-state index contributed by atoms with van der Waals surface area (Å²) in [6.45, 7) is 3.91. The number of benzene rings is 2. The van der Waals surface area contributed by atoms with E-state index in [4.69, 9.17) is 0 Å². The monoisotopic (exact) mass is 259 g/mol. The van der Waals surface area contributed by atoms with E-state index in [0.29, 0.717) is 0 Å². The molecule has 1 nitrogen and oxygen atoms in total. The molecule has 0 saturated heterocycles. The van der Waals surface area contributed by atoms with Crippen LogP contribution in [-0.4, -0.2) is 4.98 Å². The summed E-state index contributed by atoms with van der Waals surface area (Å²) >= 11 is 0. The lowest BCUT2D eigenvalue weighted by atomic mass is 10.0. The molecule has 2 aromatic carbocycles. The van der Waals surface area contributed by atoms with E-state index in [9.17, 15) is 0 Å². The Kier molecular flexibility index (Phi) is 3.51. The molecular formula is C19H17N. The summed E-state index contributed by atoms with van der Waals surface area (Å²) in [5.41, 5.74) is 6.05. The Labute approximate surface area is 119 Å². The third kappa shape index (κ3) is 2.57. The van der Waals surface area contributed by atoms with Gasteiger partial charge in [-0.25, -0.2) is 0 Å². The summed E-state index contributed by atoms with van der Waals surface area (Å²) in [6, 6.07) is 23.1. The van der Waals surface area contributed by atoms with E-state index in [-0.39, 0.29) is 0 Å². The van der Waals surface area contributed by atoms with Gasteiger partial charge in [0.1, 0.15) is 0 Å². The Bertz CT molecular complexity index is 693. The van der Waals surface area contributed by atoms with Gasteiger partial charge >= 0.3 is 0 Å². The van der Waals surface area contributed by atoms with E-state index in [1.807, 2.05) is 18.2 Å². The largest absolute Gasteiger partial charge is 0.355 e. The first kappa shape index (κ1) is 12.5. The van der Waals surface area contributed by atoms with Crippen LogP contribution in [0.4, 0.5) is 0 Å². The lowest BCUT2D eigenvalue weighted by Crippen LogP contribution is -1.87. The first-order valence-electron chi connectivity index (χ1n) is 6.80. The summed E-state index contributed by atoms with van der Waals surface area (Å²) in [4.78, 5) is 3.45. The predicted molar refractivity (Wildman–Crippen MR) is 85.6 cm³/mol. The molecule has 20 heavy (non-hydrogen) atoms. The fourth-order valence-corrected chi connectivity index (χ4v) is 2.43. The van der Waals surface area contributed by atoms with Gasteiger partial charge in [0.05, 0.1) is 0 Å². The Morgan fingerprint density at radius 3 is 2.20 bits per heavy atom. The maximum Gasteiger partial charge on any atom is 0.0461 e. The molecule has 3 rings (SSSR count). The van der Waals surface area contributed by atoms with Crippen LogP contribution in [0, 0.1) is 0 Å². The normalized spacial score (nSPS) is 10.4. The zero-order chi connectivity index (χ0) is 13.8. The van der Waals surface area contributed by atoms with Gasteiger partial charge in [-0.3, -0.25) is 0 Å². The van der Waals surface area contributed by atoms with Crippen molar-refractivity contribution < 1.29 is 0 Å². The molecule has 1 N–H and O–H groups in total. The van der Waals surface area contributed by atoms with Gasteiger partial charge in [-0.1, -0.05) is 67.2 Å². The van der Waals surface area contributed by atoms with Crippen LogP contribution in [0.5, 0.6) is 0 Å². The molecule has 0 aliphatic carbocycles. The van der Waals surface area contributed by atoms with Crippen molar-refractivity contribution >= 4 is 6.08 Å². The minimum absolute atomic E-state index is 0.922. The average molecular weight is 259 g/mol. The standard InChI is InChI=1S/C19H17N/c1-2-18-17(13-15-9-5-3-6-10-15)14-19(20-18)16-11-7-4-8-12-16/h2-12,14,20H,1,13H2. The lowest BCUT2D eigenvalue weighted by Gasteiger charge is -2.00. The molecule has 0 amide bonds. The van der Waals surface area contributed by atoms with Crippen molar-refractivity contribution in [3.05, 3.63) is 90.1 Å². The van der Waals surface area contributed by atoms with E-state index < -0.39 is 0 Å². The SMILES string of the molecule is C=Cc1[nH]c(-c2ccccc2)cc1Cc1ccccc1. The van der Waals surface area contributed by atoms with Gasteiger partial charge in [0.15, 0.2) is 0 Å². The quantitative estimate of drug-likeness (QED) is 0.684. The van der Waals surface area contributed by atoms with Crippen LogP contribution in [-0.2, 0) is 6.42 Å². The third-order valence-electron chi connectivity index (χ3n) is 3.46. The fourth-order valence-electron chi connectivity index (χ4n) is 2.43. The minimum atomic E-state index is 0.922. The highest BCUT2D eigenvalue weighted by molar-refractivity contribution is 5.65. The van der Waals surface area contributed by atoms with Crippen molar-refractivity contribution in [2.24, 2.45) is 0 Å². The van der Waals surface area contributed by atoms with Crippen LogP contribution in [0.15, 0.2) is 73.3 Å². The van der Waals surface area contributed by atoms with Gasteiger partial charge in [0.25, 0.3) is 0 Å². The number of hydrogen-bond donors (Lipinski definition) is 1. The predicted octanol–water partition coefficient (Wildman–Crippen LogP) is 4.92. The zero-order valence-corrected chi connectivity index (χ0v) is 11.3. The molecule has 1 heteroatoms. The maximum atomic E-state index is 3.91. The van der Waals surface area contributed by atoms with Crippen molar-refractivity contribution in [1.82, 2.24) is 4.98 Å². The second-order valence-corrected chi connectivity index (χ2v) is 4.85. The van der Waals surface area contributed by atoms with Crippen molar-refractivity contribution in [3.8, 4) is 11.3 Å². The number of aromatic nitrogens is 1. The van der Waals surface area contributed by atoms with E-state index in [1.54, 1.807) is 0 Å². The molecule has 0 atom stereocenters. The van der Waals surface area contributed by atoms with Gasteiger partial charge in [-0.15, -0.1) is 0 Å². The molecule has 0 spiro atoms. The topological polar surface area (TPSA) is 15.8 Å². The Morgan fingerprint density at radius 1 is 0.900 bits per heavy atom. The van der Waals surface area contributed by atoms with Crippen LogP contribution in [0.2, 0.25) is 0 Å². The summed E-state index contributed by atoms with van der Waals surface area (Å²) in [7, 11) is 0. The molecule has 0 aliphatic rings. The lowest BCUT2D eigenvalue weighted by molar-refractivity contribution is 1.18. The molecule has 3 aromatic rings. The Morgan fingerprint density at radius 2 is 1.55 bits per heavy atom. The highest BCUT2D eigenvalue weighted by atomic mass is 14.7. The number of H-pyrrole nitrogens is 1. The summed E-state index contributed by atoms with van der Waals surface area (Å²) in [6.07, 6.45) is 2.82. The second-order valence-electron chi connectivity index (χ2n) is 4.85. The molecule has 98 valence electrons. The molecule has 0 radical (unpaired) electrons. The van der Waals surface area contributed by atoms with E-state index >= 15 is 0 Å². The first-order valence-corrected chi connectivity index (χ1v) is 6.80. The molecule has 0 aliphatic heterocycles. The molecule has 0 fully saturated rings. The van der Waals surface area contributed by atoms with Crippen molar-refractivity contribution in [3.63, 3.8) is 0 Å². The first-order chi connectivity index (χ1) is 9.86. The van der Waals surface area contributed by atoms with Crippen LogP contribution in [0.1, 0.15) is 16.8 Å². The zero-order valence-electron chi connectivity index (χ0n) is 11.3. The minimum Gasteiger partial charge on any atom is -0.355 e. The van der Waals surface area contributed by atoms with Crippen molar-refractivity contribution in [2.75, 3.05) is 0 Å². The Balaban J connectivity index is 1.95. The smallest absolute Gasteiger partial charge is 0.0461 e. The molecule has 0 saturated carbocycles. The molecule has 0 unspecified atom stereocenters. The van der Waals surface area contributed by atoms with Crippen LogP contribution < -0.4 is 0 Å². The van der Waals surface area contributed by atoms with E-state index in [2.05, 4.69) is 66.2 Å².